The molecule has 27 heavy (non-hydrogen) atoms. The number of hydrogen-bond donors (Lipinski definition) is 3. The molecule has 0 aromatic heterocycles. The van der Waals surface area contributed by atoms with E-state index in [2.05, 4.69) is 10.2 Å². The minimum Gasteiger partial charge on any atom is -0.392 e. The number of imide groups is 1. The Labute approximate surface area is 157 Å². The summed E-state index contributed by atoms with van der Waals surface area (Å²) in [5, 5.41) is 12.3. The van der Waals surface area contributed by atoms with Crippen LogP contribution < -0.4 is 11.1 Å². The molecule has 8 heteroatoms. The SMILES string of the molecule is NC[C@H]1C[C@@H](O)CN1Cc1cccc2c1CN(C1CCC(=O)NC1=O)C2=O. The van der Waals surface area contributed by atoms with Crippen LogP contribution in [0.25, 0.3) is 0 Å². The molecule has 144 valence electrons. The van der Waals surface area contributed by atoms with Crippen LogP contribution in [-0.4, -0.2) is 63.9 Å². The maximum Gasteiger partial charge on any atom is 0.255 e. The number of piperidine rings is 1. The molecule has 4 rings (SSSR count). The van der Waals surface area contributed by atoms with Crippen LogP contribution in [-0.2, 0) is 22.7 Å². The Morgan fingerprint density at radius 1 is 1.26 bits per heavy atom. The van der Waals surface area contributed by atoms with Gasteiger partial charge >= 0.3 is 0 Å². The molecule has 0 saturated carbocycles. The Hall–Kier alpha value is -2.29. The molecule has 3 atom stereocenters. The van der Waals surface area contributed by atoms with Gasteiger partial charge in [-0.25, -0.2) is 0 Å². The predicted octanol–water partition coefficient (Wildman–Crippen LogP) is -0.658. The highest BCUT2D eigenvalue weighted by atomic mass is 16.3. The number of β-amino-alcohol motifs (C(OH)–C–C–N with tert-alkyl or cyclic N) is 1. The van der Waals surface area contributed by atoms with Crippen LogP contribution in [0.3, 0.4) is 0 Å². The van der Waals surface area contributed by atoms with Crippen molar-refractivity contribution in [3.05, 3.63) is 34.9 Å². The molecule has 3 heterocycles. The van der Waals surface area contributed by atoms with Gasteiger partial charge in [0, 0.05) is 44.2 Å². The first kappa shape index (κ1) is 18.1. The van der Waals surface area contributed by atoms with Crippen molar-refractivity contribution < 1.29 is 19.5 Å². The van der Waals surface area contributed by atoms with Crippen LogP contribution in [0.4, 0.5) is 0 Å². The number of nitrogens with two attached hydrogens (primary N) is 1. The van der Waals surface area contributed by atoms with Gasteiger partial charge in [-0.2, -0.15) is 0 Å². The Kier molecular flexibility index (Phi) is 4.71. The molecule has 2 fully saturated rings. The Morgan fingerprint density at radius 3 is 2.81 bits per heavy atom. The van der Waals surface area contributed by atoms with Crippen LogP contribution in [0, 0.1) is 0 Å². The number of benzene rings is 1. The number of amides is 3. The third-order valence-corrected chi connectivity index (χ3v) is 5.83. The molecule has 1 aromatic carbocycles. The van der Waals surface area contributed by atoms with Gasteiger partial charge in [-0.05, 0) is 30.0 Å². The largest absolute Gasteiger partial charge is 0.392 e. The molecule has 1 aromatic rings. The lowest BCUT2D eigenvalue weighted by atomic mass is 10.0. The van der Waals surface area contributed by atoms with Crippen molar-refractivity contribution >= 4 is 17.7 Å². The van der Waals surface area contributed by atoms with Gasteiger partial charge < -0.3 is 15.7 Å². The number of likely N-dealkylation sites (tertiary alicyclic amines) is 1. The lowest BCUT2D eigenvalue weighted by Crippen LogP contribution is -2.52. The van der Waals surface area contributed by atoms with Crippen LogP contribution in [0.15, 0.2) is 18.2 Å². The zero-order valence-corrected chi connectivity index (χ0v) is 15.1. The molecular formula is C19H24N4O4. The smallest absolute Gasteiger partial charge is 0.255 e. The second-order valence-corrected chi connectivity index (χ2v) is 7.55. The zero-order valence-electron chi connectivity index (χ0n) is 15.1. The number of nitrogens with one attached hydrogen (secondary N) is 1. The number of aliphatic hydroxyl groups is 1. The van der Waals surface area contributed by atoms with Crippen LogP contribution >= 0.6 is 0 Å². The van der Waals surface area contributed by atoms with Crippen LogP contribution in [0.2, 0.25) is 0 Å². The van der Waals surface area contributed by atoms with Gasteiger partial charge in [0.15, 0.2) is 0 Å². The standard InChI is InChI=1S/C19H24N4O4/c20-7-12-6-13(24)9-22(12)8-11-2-1-3-14-15(11)10-23(19(14)27)16-4-5-17(25)21-18(16)26/h1-3,12-13,16,24H,4-10,20H2,(H,21,25,26)/t12-,13-,16?/m1/s1. The number of rotatable bonds is 4. The van der Waals surface area contributed by atoms with Gasteiger partial charge in [-0.15, -0.1) is 0 Å². The number of fused-ring (bicyclic) bond motifs is 1. The summed E-state index contributed by atoms with van der Waals surface area (Å²) in [6.45, 7) is 2.02. The number of aliphatic hydroxyl groups excluding tert-OH is 1. The maximum absolute atomic E-state index is 12.9. The summed E-state index contributed by atoms with van der Waals surface area (Å²) in [6, 6.07) is 5.13. The fourth-order valence-corrected chi connectivity index (χ4v) is 4.41. The van der Waals surface area contributed by atoms with E-state index in [1.165, 1.54) is 0 Å². The quantitative estimate of drug-likeness (QED) is 0.605. The molecule has 0 aliphatic carbocycles. The normalized spacial score (nSPS) is 28.6. The van der Waals surface area contributed by atoms with Crippen molar-refractivity contribution in [1.82, 2.24) is 15.1 Å². The van der Waals surface area contributed by atoms with Crippen molar-refractivity contribution in [3.63, 3.8) is 0 Å². The highest BCUT2D eigenvalue weighted by Crippen LogP contribution is 2.31. The topological polar surface area (TPSA) is 116 Å². The second-order valence-electron chi connectivity index (χ2n) is 7.55. The Morgan fingerprint density at radius 2 is 2.07 bits per heavy atom. The minimum atomic E-state index is -0.610. The van der Waals surface area contributed by atoms with Crippen molar-refractivity contribution in [3.8, 4) is 0 Å². The molecule has 3 aliphatic heterocycles. The van der Waals surface area contributed by atoms with Crippen molar-refractivity contribution in [2.75, 3.05) is 13.1 Å². The summed E-state index contributed by atoms with van der Waals surface area (Å²) in [4.78, 5) is 40.2. The van der Waals surface area contributed by atoms with E-state index >= 15 is 0 Å². The molecule has 2 saturated heterocycles. The monoisotopic (exact) mass is 372 g/mol. The Balaban J connectivity index is 1.56. The summed E-state index contributed by atoms with van der Waals surface area (Å²) < 4.78 is 0. The molecule has 8 nitrogen and oxygen atoms in total. The first-order valence-corrected chi connectivity index (χ1v) is 9.35. The second kappa shape index (κ2) is 7.03. The van der Waals surface area contributed by atoms with E-state index in [0.29, 0.717) is 44.6 Å². The average Bonchev–Trinajstić information content (AvgIpc) is 3.16. The van der Waals surface area contributed by atoms with E-state index in [9.17, 15) is 19.5 Å². The number of nitrogens with zero attached hydrogens (tertiary/aromatic N) is 2. The fourth-order valence-electron chi connectivity index (χ4n) is 4.41. The first-order valence-electron chi connectivity index (χ1n) is 9.35. The lowest BCUT2D eigenvalue weighted by molar-refractivity contribution is -0.136. The lowest BCUT2D eigenvalue weighted by Gasteiger charge is -2.29. The van der Waals surface area contributed by atoms with E-state index in [1.807, 2.05) is 12.1 Å². The van der Waals surface area contributed by atoms with E-state index < -0.39 is 11.9 Å². The van der Waals surface area contributed by atoms with Gasteiger partial charge in [-0.3, -0.25) is 24.6 Å². The molecule has 0 radical (unpaired) electrons. The van der Waals surface area contributed by atoms with Gasteiger partial charge in [-0.1, -0.05) is 12.1 Å². The van der Waals surface area contributed by atoms with Crippen molar-refractivity contribution in [1.29, 1.82) is 0 Å². The van der Waals surface area contributed by atoms with Gasteiger partial charge in [0.1, 0.15) is 6.04 Å². The number of carbonyl (C=O) groups excluding carboxylic acids is 3. The molecule has 0 spiro atoms. The molecule has 3 amide bonds. The molecular weight excluding hydrogens is 348 g/mol. The molecule has 4 N–H and O–H groups in total. The van der Waals surface area contributed by atoms with E-state index in [1.54, 1.807) is 11.0 Å². The van der Waals surface area contributed by atoms with E-state index in [-0.39, 0.29) is 30.4 Å². The Bertz CT molecular complexity index is 796. The predicted molar refractivity (Wildman–Crippen MR) is 96.4 cm³/mol. The average molecular weight is 372 g/mol. The zero-order chi connectivity index (χ0) is 19.1. The summed E-state index contributed by atoms with van der Waals surface area (Å²) in [7, 11) is 0. The number of hydrogen-bond acceptors (Lipinski definition) is 6. The van der Waals surface area contributed by atoms with E-state index in [4.69, 9.17) is 5.73 Å². The summed E-state index contributed by atoms with van der Waals surface area (Å²) in [5.41, 5.74) is 8.38. The molecule has 0 bridgehead atoms. The third-order valence-electron chi connectivity index (χ3n) is 5.83. The first-order chi connectivity index (χ1) is 13.0. The highest BCUT2D eigenvalue weighted by Gasteiger charge is 2.40. The summed E-state index contributed by atoms with van der Waals surface area (Å²) >= 11 is 0. The third kappa shape index (κ3) is 3.24. The molecule has 1 unspecified atom stereocenters. The fraction of sp³-hybridized carbons (Fsp3) is 0.526. The number of carbonyl (C=O) groups is 3. The summed E-state index contributed by atoms with van der Waals surface area (Å²) in [6.07, 6.45) is 0.879. The van der Waals surface area contributed by atoms with Gasteiger partial charge in [0.25, 0.3) is 5.91 Å². The van der Waals surface area contributed by atoms with Gasteiger partial charge in [0.2, 0.25) is 11.8 Å². The van der Waals surface area contributed by atoms with Crippen molar-refractivity contribution in [2.24, 2.45) is 5.73 Å². The van der Waals surface area contributed by atoms with Crippen LogP contribution in [0.1, 0.15) is 40.7 Å². The van der Waals surface area contributed by atoms with Gasteiger partial charge in [0.05, 0.1) is 6.10 Å². The summed E-state index contributed by atoms with van der Waals surface area (Å²) in [5.74, 6) is -0.862. The van der Waals surface area contributed by atoms with Crippen molar-refractivity contribution in [2.45, 2.75) is 50.5 Å². The maximum atomic E-state index is 12.9. The minimum absolute atomic E-state index is 0.124. The van der Waals surface area contributed by atoms with Crippen LogP contribution in [0.5, 0.6) is 0 Å². The highest BCUT2D eigenvalue weighted by molar-refractivity contribution is 6.05. The van der Waals surface area contributed by atoms with E-state index in [0.717, 1.165) is 11.1 Å². The molecule has 3 aliphatic rings.